The number of methoxy groups -OCH3 is 2. The van der Waals surface area contributed by atoms with Gasteiger partial charge in [-0.05, 0) is 98.0 Å². The van der Waals surface area contributed by atoms with Crippen molar-refractivity contribution in [2.45, 2.75) is 91.7 Å². The first-order valence-corrected chi connectivity index (χ1v) is 15.8. The zero-order valence-electron chi connectivity index (χ0n) is 28.4. The number of benzene rings is 2. The quantitative estimate of drug-likeness (QED) is 0.243. The van der Waals surface area contributed by atoms with Crippen LogP contribution in [0.1, 0.15) is 87.8 Å². The van der Waals surface area contributed by atoms with E-state index in [-0.39, 0.29) is 23.8 Å². The number of amides is 1. The molecule has 10 heteroatoms. The molecule has 1 aliphatic carbocycles. The second kappa shape index (κ2) is 13.7. The summed E-state index contributed by atoms with van der Waals surface area (Å²) in [5.41, 5.74) is 4.11. The Morgan fingerprint density at radius 3 is 2.46 bits per heavy atom. The molecule has 2 aromatic carbocycles. The van der Waals surface area contributed by atoms with Gasteiger partial charge in [-0.15, -0.1) is 0 Å². The van der Waals surface area contributed by atoms with Gasteiger partial charge in [0.15, 0.2) is 0 Å². The number of halogens is 3. The van der Waals surface area contributed by atoms with Gasteiger partial charge in [-0.2, -0.15) is 13.2 Å². The number of nitrogens with zero attached hydrogens (tertiary/aromatic N) is 2. The van der Waals surface area contributed by atoms with E-state index in [1.807, 2.05) is 44.9 Å². The summed E-state index contributed by atoms with van der Waals surface area (Å²) in [6.45, 7) is 12.6. The zero-order chi connectivity index (χ0) is 34.1. The van der Waals surface area contributed by atoms with Crippen LogP contribution in [-0.4, -0.2) is 61.8 Å². The molecule has 1 saturated heterocycles. The molecule has 4 rings (SSSR count). The standard InChI is InChI=1S/C36H47F3N2O5/c1-21(2)31(33(42)45-9)40(7)19-24-10-11-30(44-8)29(16-24)28-12-13-35(5,6)18-26(28)20-41-23(4)32(46-34(41)43)25-14-22(3)15-27(17-25)36(37,38)39/h10-11,14-17,21,23,31-32H,12-13,18-20H2,1-9H3/t23-,31+,32-/m0/s1. The monoisotopic (exact) mass is 644 g/mol. The number of carbonyl (C=O) groups is 2. The van der Waals surface area contributed by atoms with Gasteiger partial charge in [0.2, 0.25) is 0 Å². The van der Waals surface area contributed by atoms with Gasteiger partial charge in [0, 0.05) is 18.7 Å². The highest BCUT2D eigenvalue weighted by atomic mass is 19.4. The first kappa shape index (κ1) is 35.3. The summed E-state index contributed by atoms with van der Waals surface area (Å²) in [4.78, 5) is 29.4. The van der Waals surface area contributed by atoms with Crippen LogP contribution in [-0.2, 0) is 27.0 Å². The lowest BCUT2D eigenvalue weighted by Gasteiger charge is -2.36. The Bertz CT molecular complexity index is 1480. The van der Waals surface area contributed by atoms with E-state index in [0.29, 0.717) is 23.4 Å². The van der Waals surface area contributed by atoms with Crippen molar-refractivity contribution in [3.8, 4) is 5.75 Å². The minimum atomic E-state index is -4.50. The molecule has 1 aliphatic heterocycles. The third-order valence-electron chi connectivity index (χ3n) is 9.25. The molecule has 1 amide bonds. The summed E-state index contributed by atoms with van der Waals surface area (Å²) in [6, 6.07) is 8.96. The van der Waals surface area contributed by atoms with Crippen LogP contribution < -0.4 is 4.74 Å². The normalized spacial score (nSPS) is 20.7. The van der Waals surface area contributed by atoms with Gasteiger partial charge < -0.3 is 14.2 Å². The Morgan fingerprint density at radius 2 is 1.85 bits per heavy atom. The SMILES string of the molecule is COC(=O)[C@@H](C(C)C)N(C)Cc1ccc(OC)c(C2=C(CN3C(=O)O[C@H](c4cc(C)cc(C(F)(F)F)c4)[C@@H]3C)CC(C)(C)CC2)c1. The van der Waals surface area contributed by atoms with Crippen molar-refractivity contribution in [2.24, 2.45) is 11.3 Å². The van der Waals surface area contributed by atoms with Gasteiger partial charge in [-0.3, -0.25) is 14.6 Å². The molecule has 7 nitrogen and oxygen atoms in total. The van der Waals surface area contributed by atoms with Crippen molar-refractivity contribution in [3.63, 3.8) is 0 Å². The van der Waals surface area contributed by atoms with E-state index in [9.17, 15) is 22.8 Å². The lowest BCUT2D eigenvalue weighted by atomic mass is 9.72. The number of hydrogen-bond donors (Lipinski definition) is 0. The van der Waals surface area contributed by atoms with Crippen LogP contribution >= 0.6 is 0 Å². The predicted octanol–water partition coefficient (Wildman–Crippen LogP) is 8.20. The number of cyclic esters (lactones) is 1. The van der Waals surface area contributed by atoms with Crippen molar-refractivity contribution < 1.29 is 37.0 Å². The van der Waals surface area contributed by atoms with Gasteiger partial charge in [0.1, 0.15) is 17.9 Å². The van der Waals surface area contributed by atoms with E-state index < -0.39 is 36.0 Å². The van der Waals surface area contributed by atoms with Crippen LogP contribution in [0.4, 0.5) is 18.0 Å². The first-order valence-electron chi connectivity index (χ1n) is 15.8. The fourth-order valence-corrected chi connectivity index (χ4v) is 6.95. The van der Waals surface area contributed by atoms with Gasteiger partial charge in [0.25, 0.3) is 0 Å². The Hall–Kier alpha value is -3.53. The van der Waals surface area contributed by atoms with Crippen LogP contribution in [0.2, 0.25) is 0 Å². The molecule has 2 aliphatic rings. The molecule has 0 spiro atoms. The van der Waals surface area contributed by atoms with Crippen LogP contribution in [0.25, 0.3) is 5.57 Å². The summed E-state index contributed by atoms with van der Waals surface area (Å²) < 4.78 is 57.4. The first-order chi connectivity index (χ1) is 21.4. The molecular weight excluding hydrogens is 597 g/mol. The van der Waals surface area contributed by atoms with E-state index >= 15 is 0 Å². The van der Waals surface area contributed by atoms with E-state index in [1.165, 1.54) is 7.11 Å². The fourth-order valence-electron chi connectivity index (χ4n) is 6.95. The molecule has 3 atom stereocenters. The lowest BCUT2D eigenvalue weighted by Crippen LogP contribution is -2.42. The largest absolute Gasteiger partial charge is 0.496 e. The van der Waals surface area contributed by atoms with Gasteiger partial charge in [0.05, 0.1) is 25.8 Å². The molecule has 46 heavy (non-hydrogen) atoms. The second-order valence-electron chi connectivity index (χ2n) is 13.9. The average molecular weight is 645 g/mol. The number of aryl methyl sites for hydroxylation is 1. The zero-order valence-corrected chi connectivity index (χ0v) is 28.4. The van der Waals surface area contributed by atoms with Crippen molar-refractivity contribution >= 4 is 17.6 Å². The summed E-state index contributed by atoms with van der Waals surface area (Å²) in [5, 5.41) is 0. The molecule has 0 N–H and O–H groups in total. The second-order valence-corrected chi connectivity index (χ2v) is 13.9. The molecular formula is C36H47F3N2O5. The van der Waals surface area contributed by atoms with Crippen molar-refractivity contribution in [1.29, 1.82) is 0 Å². The number of hydrogen-bond acceptors (Lipinski definition) is 6. The van der Waals surface area contributed by atoms with Crippen LogP contribution in [0.15, 0.2) is 42.0 Å². The summed E-state index contributed by atoms with van der Waals surface area (Å²) in [5.74, 6) is 0.480. The van der Waals surface area contributed by atoms with Crippen molar-refractivity contribution in [3.05, 3.63) is 69.8 Å². The number of likely N-dealkylation sites (N-methyl/N-ethyl adjacent to an activating group) is 1. The van der Waals surface area contributed by atoms with Crippen molar-refractivity contribution in [1.82, 2.24) is 9.80 Å². The Kier molecular flexibility index (Phi) is 10.5. The number of allylic oxidation sites excluding steroid dienone is 1. The van der Waals surface area contributed by atoms with Gasteiger partial charge >= 0.3 is 18.2 Å². The van der Waals surface area contributed by atoms with Crippen molar-refractivity contribution in [2.75, 3.05) is 27.8 Å². The number of esters is 1. The fraction of sp³-hybridized carbons (Fsp3) is 0.556. The highest BCUT2D eigenvalue weighted by Crippen LogP contribution is 2.46. The molecule has 0 aromatic heterocycles. The topological polar surface area (TPSA) is 68.3 Å². The molecule has 2 aromatic rings. The van der Waals surface area contributed by atoms with E-state index in [1.54, 1.807) is 25.0 Å². The molecule has 252 valence electrons. The Balaban J connectivity index is 1.69. The summed E-state index contributed by atoms with van der Waals surface area (Å²) in [7, 11) is 4.93. The number of rotatable bonds is 10. The minimum Gasteiger partial charge on any atom is -0.496 e. The average Bonchev–Trinajstić information content (AvgIpc) is 3.24. The Morgan fingerprint density at radius 1 is 1.15 bits per heavy atom. The maximum absolute atomic E-state index is 13.6. The highest BCUT2D eigenvalue weighted by Gasteiger charge is 2.42. The number of ether oxygens (including phenoxy) is 3. The van der Waals surface area contributed by atoms with E-state index in [4.69, 9.17) is 14.2 Å². The molecule has 1 heterocycles. The van der Waals surface area contributed by atoms with Crippen LogP contribution in [0, 0.1) is 18.3 Å². The van der Waals surface area contributed by atoms with Gasteiger partial charge in [-0.25, -0.2) is 4.79 Å². The number of carbonyl (C=O) groups excluding carboxylic acids is 2. The molecule has 0 unspecified atom stereocenters. The molecule has 0 radical (unpaired) electrons. The summed E-state index contributed by atoms with van der Waals surface area (Å²) in [6.07, 6.45) is -3.45. The van der Waals surface area contributed by atoms with E-state index in [2.05, 4.69) is 19.9 Å². The predicted molar refractivity (Wildman–Crippen MR) is 171 cm³/mol. The summed E-state index contributed by atoms with van der Waals surface area (Å²) >= 11 is 0. The molecule has 1 fully saturated rings. The lowest BCUT2D eigenvalue weighted by molar-refractivity contribution is -0.148. The smallest absolute Gasteiger partial charge is 0.416 e. The molecule has 0 bridgehead atoms. The van der Waals surface area contributed by atoms with Crippen LogP contribution in [0.3, 0.4) is 0 Å². The third-order valence-corrected chi connectivity index (χ3v) is 9.25. The van der Waals surface area contributed by atoms with Gasteiger partial charge in [-0.1, -0.05) is 45.4 Å². The van der Waals surface area contributed by atoms with E-state index in [0.717, 1.165) is 53.7 Å². The maximum Gasteiger partial charge on any atom is 0.416 e. The third kappa shape index (κ3) is 7.70. The molecule has 0 saturated carbocycles. The highest BCUT2D eigenvalue weighted by molar-refractivity contribution is 5.77. The number of alkyl halides is 3. The Labute approximate surface area is 270 Å². The minimum absolute atomic E-state index is 0.0146. The van der Waals surface area contributed by atoms with Crippen LogP contribution in [0.5, 0.6) is 5.75 Å². The maximum atomic E-state index is 13.6.